The van der Waals surface area contributed by atoms with Gasteiger partial charge in [0.05, 0.1) is 5.75 Å². The van der Waals surface area contributed by atoms with Crippen molar-refractivity contribution in [2.24, 2.45) is 5.92 Å². The number of hydrogen-bond acceptors (Lipinski definition) is 5. The molecule has 0 radical (unpaired) electrons. The SMILES string of the molecule is Cc1ccc(NC(=O)COC(=O)CSC(=S)N2CCC(C)CC2)cc1C. The van der Waals surface area contributed by atoms with Gasteiger partial charge in [-0.15, -0.1) is 0 Å². The van der Waals surface area contributed by atoms with Crippen LogP contribution in [-0.2, 0) is 14.3 Å². The van der Waals surface area contributed by atoms with Gasteiger partial charge in [-0.25, -0.2) is 0 Å². The van der Waals surface area contributed by atoms with Crippen LogP contribution in [0.5, 0.6) is 0 Å². The quantitative estimate of drug-likeness (QED) is 0.609. The van der Waals surface area contributed by atoms with Gasteiger partial charge in [0.1, 0.15) is 4.32 Å². The van der Waals surface area contributed by atoms with Crippen molar-refractivity contribution in [2.45, 2.75) is 33.6 Å². The highest BCUT2D eigenvalue weighted by atomic mass is 32.2. The second-order valence-corrected chi connectivity index (χ2v) is 8.34. The third-order valence-electron chi connectivity index (χ3n) is 4.51. The fraction of sp³-hybridized carbons (Fsp3) is 0.526. The van der Waals surface area contributed by atoms with E-state index in [-0.39, 0.29) is 18.3 Å². The maximum atomic E-state index is 11.9. The van der Waals surface area contributed by atoms with Gasteiger partial charge in [-0.2, -0.15) is 0 Å². The lowest BCUT2D eigenvalue weighted by Crippen LogP contribution is -2.35. The minimum absolute atomic E-state index is 0.127. The maximum Gasteiger partial charge on any atom is 0.316 e. The molecule has 0 aromatic heterocycles. The van der Waals surface area contributed by atoms with Crippen LogP contribution in [0.25, 0.3) is 0 Å². The number of amides is 1. The molecule has 1 heterocycles. The van der Waals surface area contributed by atoms with Crippen molar-refractivity contribution in [3.8, 4) is 0 Å². The fourth-order valence-electron chi connectivity index (χ4n) is 2.61. The van der Waals surface area contributed by atoms with Crippen molar-refractivity contribution in [3.05, 3.63) is 29.3 Å². The van der Waals surface area contributed by atoms with E-state index in [1.807, 2.05) is 32.0 Å². The summed E-state index contributed by atoms with van der Waals surface area (Å²) in [5.74, 6) is 0.0824. The number of esters is 1. The molecular formula is C19H26N2O3S2. The number of hydrogen-bond donors (Lipinski definition) is 1. The van der Waals surface area contributed by atoms with E-state index in [1.54, 1.807) is 0 Å². The Kier molecular flexibility index (Phi) is 7.90. The minimum atomic E-state index is -0.432. The van der Waals surface area contributed by atoms with E-state index in [0.717, 1.165) is 47.3 Å². The van der Waals surface area contributed by atoms with Crippen LogP contribution in [0, 0.1) is 19.8 Å². The average molecular weight is 395 g/mol. The molecule has 0 saturated carbocycles. The number of rotatable bonds is 5. The molecule has 0 unspecified atom stereocenters. The summed E-state index contributed by atoms with van der Waals surface area (Å²) in [5, 5.41) is 2.73. The van der Waals surface area contributed by atoms with Gasteiger partial charge in [-0.1, -0.05) is 37.0 Å². The molecule has 0 aliphatic carbocycles. The number of anilines is 1. The summed E-state index contributed by atoms with van der Waals surface area (Å²) in [7, 11) is 0. The Morgan fingerprint density at radius 2 is 1.96 bits per heavy atom. The third-order valence-corrected chi connectivity index (χ3v) is 6.01. The van der Waals surface area contributed by atoms with E-state index < -0.39 is 5.97 Å². The van der Waals surface area contributed by atoms with Gasteiger partial charge in [0.25, 0.3) is 5.91 Å². The van der Waals surface area contributed by atoms with Crippen molar-refractivity contribution in [1.82, 2.24) is 4.90 Å². The molecule has 1 aromatic rings. The lowest BCUT2D eigenvalue weighted by molar-refractivity contribution is -0.144. The standard InChI is InChI=1S/C19H26N2O3S2/c1-13-6-8-21(9-7-13)19(25)26-12-18(23)24-11-17(22)20-16-5-4-14(2)15(3)10-16/h4-5,10,13H,6-9,11-12H2,1-3H3,(H,20,22). The number of aryl methyl sites for hydroxylation is 2. The van der Waals surface area contributed by atoms with E-state index in [0.29, 0.717) is 5.69 Å². The van der Waals surface area contributed by atoms with Gasteiger partial charge >= 0.3 is 5.97 Å². The van der Waals surface area contributed by atoms with Crippen molar-refractivity contribution in [3.63, 3.8) is 0 Å². The molecule has 1 amide bonds. The van der Waals surface area contributed by atoms with E-state index in [1.165, 1.54) is 11.8 Å². The number of carbonyl (C=O) groups is 2. The summed E-state index contributed by atoms with van der Waals surface area (Å²) < 4.78 is 5.76. The van der Waals surface area contributed by atoms with Gasteiger partial charge < -0.3 is 15.0 Å². The van der Waals surface area contributed by atoms with Gasteiger partial charge in [0, 0.05) is 18.8 Å². The smallest absolute Gasteiger partial charge is 0.316 e. The lowest BCUT2D eigenvalue weighted by atomic mass is 10.00. The van der Waals surface area contributed by atoms with E-state index in [9.17, 15) is 9.59 Å². The number of benzene rings is 1. The number of ether oxygens (including phenoxy) is 1. The molecule has 26 heavy (non-hydrogen) atoms. The Bertz CT molecular complexity index is 671. The molecule has 5 nitrogen and oxygen atoms in total. The van der Waals surface area contributed by atoms with E-state index >= 15 is 0 Å². The Labute approximate surface area is 164 Å². The van der Waals surface area contributed by atoms with Crippen LogP contribution >= 0.6 is 24.0 Å². The molecule has 1 fully saturated rings. The Morgan fingerprint density at radius 3 is 2.62 bits per heavy atom. The molecule has 142 valence electrons. The first-order chi connectivity index (χ1) is 12.3. The molecule has 2 rings (SSSR count). The number of nitrogens with one attached hydrogen (secondary N) is 1. The fourth-order valence-corrected chi connectivity index (χ4v) is 3.66. The first-order valence-corrected chi connectivity index (χ1v) is 10.2. The molecule has 1 aromatic carbocycles. The van der Waals surface area contributed by atoms with Crippen LogP contribution < -0.4 is 5.32 Å². The molecule has 7 heteroatoms. The van der Waals surface area contributed by atoms with Crippen LogP contribution in [0.1, 0.15) is 30.9 Å². The molecule has 0 bridgehead atoms. The second kappa shape index (κ2) is 9.92. The minimum Gasteiger partial charge on any atom is -0.455 e. The van der Waals surface area contributed by atoms with Crippen LogP contribution in [0.4, 0.5) is 5.69 Å². The largest absolute Gasteiger partial charge is 0.455 e. The van der Waals surface area contributed by atoms with Crippen LogP contribution in [-0.4, -0.2) is 46.5 Å². The maximum absolute atomic E-state index is 11.9. The van der Waals surface area contributed by atoms with Crippen molar-refractivity contribution >= 4 is 45.9 Å². The van der Waals surface area contributed by atoms with Crippen molar-refractivity contribution in [1.29, 1.82) is 0 Å². The number of likely N-dealkylation sites (tertiary alicyclic amines) is 1. The van der Waals surface area contributed by atoms with E-state index in [4.69, 9.17) is 17.0 Å². The highest BCUT2D eigenvalue weighted by molar-refractivity contribution is 8.23. The first kappa shape index (κ1) is 20.7. The van der Waals surface area contributed by atoms with Crippen molar-refractivity contribution < 1.29 is 14.3 Å². The summed E-state index contributed by atoms with van der Waals surface area (Å²) in [5.41, 5.74) is 2.95. The lowest BCUT2D eigenvalue weighted by Gasteiger charge is -2.31. The zero-order valence-electron chi connectivity index (χ0n) is 15.5. The Balaban J connectivity index is 1.67. The average Bonchev–Trinajstić information content (AvgIpc) is 2.61. The number of nitrogens with zero attached hydrogens (tertiary/aromatic N) is 1. The predicted octanol–water partition coefficient (Wildman–Crippen LogP) is 3.54. The molecular weight excluding hydrogens is 368 g/mol. The summed E-state index contributed by atoms with van der Waals surface area (Å²) in [6.45, 7) is 7.83. The first-order valence-electron chi connectivity index (χ1n) is 8.79. The highest BCUT2D eigenvalue weighted by Gasteiger charge is 2.19. The summed E-state index contributed by atoms with van der Waals surface area (Å²) in [6.07, 6.45) is 2.26. The molecule has 0 atom stereocenters. The number of carbonyl (C=O) groups excluding carboxylic acids is 2. The highest BCUT2D eigenvalue weighted by Crippen LogP contribution is 2.20. The molecule has 1 saturated heterocycles. The predicted molar refractivity (Wildman–Crippen MR) is 111 cm³/mol. The molecule has 1 N–H and O–H groups in total. The Hall–Kier alpha value is -1.60. The number of thiocarbonyl (C=S) groups is 1. The van der Waals surface area contributed by atoms with Crippen LogP contribution in [0.2, 0.25) is 0 Å². The molecule has 1 aliphatic heterocycles. The monoisotopic (exact) mass is 394 g/mol. The number of piperidine rings is 1. The van der Waals surface area contributed by atoms with Gasteiger partial charge in [0.15, 0.2) is 6.61 Å². The third kappa shape index (κ3) is 6.61. The zero-order valence-corrected chi connectivity index (χ0v) is 17.2. The number of thioether (sulfide) groups is 1. The normalized spacial score (nSPS) is 14.8. The topological polar surface area (TPSA) is 58.6 Å². The van der Waals surface area contributed by atoms with E-state index in [2.05, 4.69) is 17.1 Å². The summed E-state index contributed by atoms with van der Waals surface area (Å²) >= 11 is 6.68. The van der Waals surface area contributed by atoms with Gasteiger partial charge in [-0.3, -0.25) is 9.59 Å². The summed E-state index contributed by atoms with van der Waals surface area (Å²) in [6, 6.07) is 5.66. The summed E-state index contributed by atoms with van der Waals surface area (Å²) in [4.78, 5) is 25.9. The van der Waals surface area contributed by atoms with Gasteiger partial charge in [-0.05, 0) is 55.9 Å². The molecule has 0 spiro atoms. The Morgan fingerprint density at radius 1 is 1.27 bits per heavy atom. The zero-order chi connectivity index (χ0) is 19.1. The van der Waals surface area contributed by atoms with Crippen LogP contribution in [0.3, 0.4) is 0 Å². The van der Waals surface area contributed by atoms with Crippen LogP contribution in [0.15, 0.2) is 18.2 Å². The van der Waals surface area contributed by atoms with Crippen molar-refractivity contribution in [2.75, 3.05) is 30.8 Å². The van der Waals surface area contributed by atoms with Gasteiger partial charge in [0.2, 0.25) is 0 Å². The molecule has 1 aliphatic rings. The second-order valence-electron chi connectivity index (χ2n) is 6.73.